The molecule has 1 aliphatic rings. The first-order valence-electron chi connectivity index (χ1n) is 7.64. The van der Waals surface area contributed by atoms with Gasteiger partial charge >= 0.3 is 18.9 Å². The van der Waals surface area contributed by atoms with Crippen molar-refractivity contribution in [3.05, 3.63) is 77.8 Å². The van der Waals surface area contributed by atoms with Gasteiger partial charge in [0.25, 0.3) is 0 Å². The van der Waals surface area contributed by atoms with E-state index in [4.69, 9.17) is 0 Å². The summed E-state index contributed by atoms with van der Waals surface area (Å²) in [7, 11) is 2.09. The molecule has 1 saturated heterocycles. The molecule has 0 unspecified atom stereocenters. The molecule has 110 valence electrons. The summed E-state index contributed by atoms with van der Waals surface area (Å²) in [5.41, 5.74) is 0.859. The first-order valence-corrected chi connectivity index (χ1v) is 7.64. The normalized spacial score (nSPS) is 17.0. The van der Waals surface area contributed by atoms with Crippen LogP contribution in [0.5, 0.6) is 0 Å². The van der Waals surface area contributed by atoms with Gasteiger partial charge in [-0.25, -0.2) is 6.04 Å². The second-order valence-corrected chi connectivity index (χ2v) is 5.77. The Kier molecular flexibility index (Phi) is 5.89. The van der Waals surface area contributed by atoms with Crippen molar-refractivity contribution in [2.75, 3.05) is 13.6 Å². The number of aliphatic hydroxyl groups is 1. The van der Waals surface area contributed by atoms with Crippen LogP contribution < -0.4 is 18.9 Å². The summed E-state index contributed by atoms with van der Waals surface area (Å²) in [6.45, 7) is 1.01. The summed E-state index contributed by atoms with van der Waals surface area (Å²) in [6, 6.07) is 21.1. The fourth-order valence-corrected chi connectivity index (χ4v) is 3.28. The Labute approximate surface area is 145 Å². The molecule has 0 aliphatic carbocycles. The predicted octanol–water partition coefficient (Wildman–Crippen LogP) is 0.574. The minimum atomic E-state index is -1.03. The summed E-state index contributed by atoms with van der Waals surface area (Å²) in [5, 5.41) is 11.7. The Morgan fingerprint density at radius 2 is 1.41 bits per heavy atom. The van der Waals surface area contributed by atoms with E-state index < -0.39 is 5.60 Å². The summed E-state index contributed by atoms with van der Waals surface area (Å²) in [6.07, 6.45) is 3.28. The summed E-state index contributed by atoms with van der Waals surface area (Å²) < 4.78 is 0. The van der Waals surface area contributed by atoms with Crippen molar-refractivity contribution in [1.82, 2.24) is 4.90 Å². The molecule has 1 aliphatic heterocycles. The number of benzene rings is 2. The van der Waals surface area contributed by atoms with Gasteiger partial charge in [-0.15, -0.1) is 0 Å². The average molecular weight is 287 g/mol. The SMILES string of the molecule is CN1CCCC[C-]1C(O)(c1ccccc1)c1ccccc1.[Li+]. The van der Waals surface area contributed by atoms with Gasteiger partial charge in [-0.2, -0.15) is 6.42 Å². The maximum Gasteiger partial charge on any atom is 1.00 e. The number of piperidine rings is 1. The smallest absolute Gasteiger partial charge is 0.453 e. The molecule has 0 saturated carbocycles. The van der Waals surface area contributed by atoms with Crippen LogP contribution in [0, 0.1) is 6.04 Å². The van der Waals surface area contributed by atoms with Crippen molar-refractivity contribution in [1.29, 1.82) is 0 Å². The van der Waals surface area contributed by atoms with Gasteiger partial charge in [-0.3, -0.25) is 0 Å². The zero-order valence-electron chi connectivity index (χ0n) is 13.5. The van der Waals surface area contributed by atoms with E-state index in [9.17, 15) is 5.11 Å². The predicted molar refractivity (Wildman–Crippen MR) is 85.6 cm³/mol. The minimum Gasteiger partial charge on any atom is -0.453 e. The van der Waals surface area contributed by atoms with E-state index in [1.54, 1.807) is 0 Å². The molecule has 0 amide bonds. The van der Waals surface area contributed by atoms with E-state index >= 15 is 0 Å². The van der Waals surface area contributed by atoms with E-state index in [-0.39, 0.29) is 18.9 Å². The third-order valence-corrected chi connectivity index (χ3v) is 4.42. The molecule has 2 nitrogen and oxygen atoms in total. The van der Waals surface area contributed by atoms with Crippen LogP contribution in [0.1, 0.15) is 30.4 Å². The molecule has 1 N–H and O–H groups in total. The third kappa shape index (κ3) is 3.16. The van der Waals surface area contributed by atoms with Crippen molar-refractivity contribution >= 4 is 0 Å². The van der Waals surface area contributed by atoms with Gasteiger partial charge < -0.3 is 10.0 Å². The second-order valence-electron chi connectivity index (χ2n) is 5.77. The van der Waals surface area contributed by atoms with Gasteiger partial charge in [0.05, 0.1) is 0 Å². The van der Waals surface area contributed by atoms with Crippen LogP contribution in [0.3, 0.4) is 0 Å². The van der Waals surface area contributed by atoms with Crippen molar-refractivity contribution in [2.24, 2.45) is 0 Å². The molecular weight excluding hydrogens is 265 g/mol. The molecule has 0 aromatic heterocycles. The number of hydrogen-bond donors (Lipinski definition) is 1. The Morgan fingerprint density at radius 3 is 1.86 bits per heavy atom. The third-order valence-electron chi connectivity index (χ3n) is 4.42. The summed E-state index contributed by atoms with van der Waals surface area (Å²) in [4.78, 5) is 2.23. The zero-order valence-corrected chi connectivity index (χ0v) is 13.5. The average Bonchev–Trinajstić information content (AvgIpc) is 2.56. The fraction of sp³-hybridized carbons (Fsp3) is 0.316. The second kappa shape index (κ2) is 7.48. The van der Waals surface area contributed by atoms with Crippen LogP contribution in [-0.2, 0) is 5.60 Å². The topological polar surface area (TPSA) is 23.5 Å². The molecule has 0 radical (unpaired) electrons. The summed E-state index contributed by atoms with van der Waals surface area (Å²) >= 11 is 0. The maximum atomic E-state index is 11.7. The Bertz CT molecular complexity index is 533. The molecule has 0 atom stereocenters. The molecule has 3 rings (SSSR count). The van der Waals surface area contributed by atoms with Crippen LogP contribution in [0.2, 0.25) is 0 Å². The Balaban J connectivity index is 0.00000176. The molecule has 22 heavy (non-hydrogen) atoms. The van der Waals surface area contributed by atoms with Crippen LogP contribution >= 0.6 is 0 Å². The molecule has 0 bridgehead atoms. The number of nitrogens with zero attached hydrogens (tertiary/aromatic N) is 1. The Hall–Kier alpha value is -1.04. The standard InChI is InChI=1S/C19H22NO.Li/c1-20-15-9-8-14-18(20)19(21,16-10-4-2-5-11-16)17-12-6-3-7-13-17;/h2-7,10-13,21H,8-9,14-15H2,1H3;/q-1;+1. The van der Waals surface area contributed by atoms with E-state index in [1.807, 2.05) is 60.7 Å². The molecule has 2 aromatic rings. The molecule has 1 heterocycles. The van der Waals surface area contributed by atoms with E-state index in [2.05, 4.69) is 11.9 Å². The van der Waals surface area contributed by atoms with E-state index in [0.717, 1.165) is 36.6 Å². The van der Waals surface area contributed by atoms with Crippen molar-refractivity contribution in [3.8, 4) is 0 Å². The summed E-state index contributed by atoms with van der Waals surface area (Å²) in [5.74, 6) is 0. The molecular formula is C19H22LiNO. The number of likely N-dealkylation sites (tertiary alicyclic amines) is 1. The van der Waals surface area contributed by atoms with Gasteiger partial charge in [-0.05, 0) is 31.1 Å². The largest absolute Gasteiger partial charge is 1.00 e. The van der Waals surface area contributed by atoms with Gasteiger partial charge in [0.15, 0.2) is 0 Å². The van der Waals surface area contributed by atoms with Crippen LogP contribution in [-0.4, -0.2) is 23.6 Å². The fourth-order valence-electron chi connectivity index (χ4n) is 3.28. The first-order chi connectivity index (χ1) is 10.2. The number of likely N-dealkylation sites (N-methyl/N-ethyl adjacent to an activating group) is 1. The Morgan fingerprint density at radius 1 is 0.909 bits per heavy atom. The zero-order chi connectivity index (χ0) is 14.7. The molecule has 3 heteroatoms. The van der Waals surface area contributed by atoms with Crippen LogP contribution in [0.4, 0.5) is 0 Å². The molecule has 0 spiro atoms. The first kappa shape index (κ1) is 17.3. The van der Waals surface area contributed by atoms with Crippen LogP contribution in [0.15, 0.2) is 60.7 Å². The van der Waals surface area contributed by atoms with Crippen molar-refractivity contribution in [3.63, 3.8) is 0 Å². The molecule has 1 fully saturated rings. The van der Waals surface area contributed by atoms with Crippen molar-refractivity contribution < 1.29 is 24.0 Å². The van der Waals surface area contributed by atoms with Gasteiger partial charge in [-0.1, -0.05) is 67.1 Å². The minimum absolute atomic E-state index is 0. The van der Waals surface area contributed by atoms with Crippen LogP contribution in [0.25, 0.3) is 0 Å². The maximum absolute atomic E-state index is 11.7. The number of hydrogen-bond acceptors (Lipinski definition) is 2. The van der Waals surface area contributed by atoms with Gasteiger partial charge in [0, 0.05) is 5.60 Å². The van der Waals surface area contributed by atoms with Gasteiger partial charge in [0.1, 0.15) is 0 Å². The van der Waals surface area contributed by atoms with E-state index in [0.29, 0.717) is 0 Å². The van der Waals surface area contributed by atoms with Gasteiger partial charge in [0.2, 0.25) is 0 Å². The number of rotatable bonds is 3. The van der Waals surface area contributed by atoms with Crippen molar-refractivity contribution in [2.45, 2.75) is 24.9 Å². The molecule has 2 aromatic carbocycles. The van der Waals surface area contributed by atoms with E-state index in [1.165, 1.54) is 6.42 Å². The quantitative estimate of drug-likeness (QED) is 0.659. The monoisotopic (exact) mass is 287 g/mol.